The first kappa shape index (κ1) is 12.6. The van der Waals surface area contributed by atoms with E-state index in [2.05, 4.69) is 46.0 Å². The van der Waals surface area contributed by atoms with Crippen LogP contribution in [-0.2, 0) is 13.1 Å². The fourth-order valence-corrected chi connectivity index (χ4v) is 1.63. The largest absolute Gasteiger partial charge is 0.407 e. The Hall–Kier alpha value is -1.88. The monoisotopic (exact) mass is 246 g/mol. The second-order valence-electron chi connectivity index (χ2n) is 4.12. The summed E-state index contributed by atoms with van der Waals surface area (Å²) in [6, 6.07) is 8.77. The summed E-state index contributed by atoms with van der Waals surface area (Å²) in [5, 5.41) is 14.1. The molecule has 0 spiro atoms. The van der Waals surface area contributed by atoms with Crippen molar-refractivity contribution in [3.63, 3.8) is 0 Å². The number of benzene rings is 1. The third-order valence-electron chi connectivity index (χ3n) is 2.52. The van der Waals surface area contributed by atoms with Gasteiger partial charge in [0, 0.05) is 6.54 Å². The number of aromatic nitrogens is 2. The zero-order valence-electron chi connectivity index (χ0n) is 10.7. The summed E-state index contributed by atoms with van der Waals surface area (Å²) in [5.74, 6) is 0.601. The van der Waals surface area contributed by atoms with Gasteiger partial charge in [-0.2, -0.15) is 0 Å². The molecule has 1 aromatic heterocycles. The van der Waals surface area contributed by atoms with Crippen molar-refractivity contribution in [2.75, 3.05) is 11.9 Å². The lowest BCUT2D eigenvalue weighted by Gasteiger charge is -2.02. The highest BCUT2D eigenvalue weighted by Crippen LogP contribution is 2.09. The fourth-order valence-electron chi connectivity index (χ4n) is 1.63. The number of hydrogen-bond donors (Lipinski definition) is 2. The lowest BCUT2D eigenvalue weighted by Crippen LogP contribution is -2.11. The van der Waals surface area contributed by atoms with Gasteiger partial charge < -0.3 is 15.1 Å². The average Bonchev–Trinajstić information content (AvgIpc) is 2.82. The van der Waals surface area contributed by atoms with E-state index in [4.69, 9.17) is 4.42 Å². The van der Waals surface area contributed by atoms with Crippen LogP contribution >= 0.6 is 0 Å². The molecule has 0 amide bonds. The van der Waals surface area contributed by atoms with E-state index in [0.717, 1.165) is 6.54 Å². The first-order valence-electron chi connectivity index (χ1n) is 6.10. The summed E-state index contributed by atoms with van der Waals surface area (Å²) in [6.45, 7) is 6.28. The Morgan fingerprint density at radius 1 is 1.22 bits per heavy atom. The molecule has 5 heteroatoms. The molecule has 0 unspecified atom stereocenters. The van der Waals surface area contributed by atoms with Crippen molar-refractivity contribution in [2.24, 2.45) is 0 Å². The maximum Gasteiger partial charge on any atom is 0.315 e. The van der Waals surface area contributed by atoms with Crippen LogP contribution in [0.2, 0.25) is 0 Å². The molecule has 0 saturated carbocycles. The predicted molar refractivity (Wildman–Crippen MR) is 70.2 cm³/mol. The van der Waals surface area contributed by atoms with E-state index >= 15 is 0 Å². The lowest BCUT2D eigenvalue weighted by molar-refractivity contribution is 0.481. The molecule has 0 aliphatic carbocycles. The standard InChI is InChI=1S/C13H18N4O/c1-3-14-9-12-16-17-13(18-12)15-8-11-6-4-5-10(2)7-11/h4-7,14H,3,8-9H2,1-2H3,(H,15,17). The molecule has 0 radical (unpaired) electrons. The van der Waals surface area contributed by atoms with Crippen LogP contribution in [0.1, 0.15) is 23.9 Å². The molecule has 0 atom stereocenters. The zero-order valence-corrected chi connectivity index (χ0v) is 10.7. The number of aryl methyl sites for hydroxylation is 1. The quantitative estimate of drug-likeness (QED) is 0.817. The molecule has 0 aliphatic rings. The number of hydrogen-bond acceptors (Lipinski definition) is 5. The zero-order chi connectivity index (χ0) is 12.8. The molecule has 1 heterocycles. The van der Waals surface area contributed by atoms with Crippen LogP contribution in [0.4, 0.5) is 6.01 Å². The Labute approximate surface area is 107 Å². The molecule has 0 fully saturated rings. The molecular formula is C13H18N4O. The van der Waals surface area contributed by atoms with E-state index in [9.17, 15) is 0 Å². The first-order chi connectivity index (χ1) is 8.78. The molecule has 0 bridgehead atoms. The first-order valence-corrected chi connectivity index (χ1v) is 6.10. The third kappa shape index (κ3) is 3.56. The maximum absolute atomic E-state index is 5.44. The van der Waals surface area contributed by atoms with Gasteiger partial charge in [0.1, 0.15) is 0 Å². The molecule has 0 saturated heterocycles. The van der Waals surface area contributed by atoms with Gasteiger partial charge in [0.15, 0.2) is 0 Å². The fraction of sp³-hybridized carbons (Fsp3) is 0.385. The van der Waals surface area contributed by atoms with Crippen LogP contribution in [-0.4, -0.2) is 16.7 Å². The Morgan fingerprint density at radius 3 is 2.89 bits per heavy atom. The molecular weight excluding hydrogens is 228 g/mol. The van der Waals surface area contributed by atoms with Crippen molar-refractivity contribution >= 4 is 6.01 Å². The van der Waals surface area contributed by atoms with E-state index in [1.54, 1.807) is 0 Å². The minimum atomic E-state index is 0.462. The number of rotatable bonds is 6. The van der Waals surface area contributed by atoms with E-state index in [1.165, 1.54) is 11.1 Å². The molecule has 0 aliphatic heterocycles. The highest BCUT2D eigenvalue weighted by molar-refractivity contribution is 5.26. The normalized spacial score (nSPS) is 10.6. The summed E-state index contributed by atoms with van der Waals surface area (Å²) in [6.07, 6.45) is 0. The Bertz CT molecular complexity index is 495. The molecule has 2 rings (SSSR count). The van der Waals surface area contributed by atoms with Gasteiger partial charge in [0.2, 0.25) is 5.89 Å². The van der Waals surface area contributed by atoms with E-state index in [0.29, 0.717) is 25.0 Å². The maximum atomic E-state index is 5.44. The third-order valence-corrected chi connectivity index (χ3v) is 2.52. The van der Waals surface area contributed by atoms with Crippen LogP contribution in [0.25, 0.3) is 0 Å². The lowest BCUT2D eigenvalue weighted by atomic mass is 10.1. The van der Waals surface area contributed by atoms with Gasteiger partial charge in [-0.3, -0.25) is 0 Å². The van der Waals surface area contributed by atoms with Gasteiger partial charge in [-0.25, -0.2) is 0 Å². The van der Waals surface area contributed by atoms with Crippen molar-refractivity contribution in [3.05, 3.63) is 41.3 Å². The van der Waals surface area contributed by atoms with Gasteiger partial charge in [0.05, 0.1) is 6.54 Å². The highest BCUT2D eigenvalue weighted by Gasteiger charge is 2.04. The van der Waals surface area contributed by atoms with Crippen LogP contribution in [0, 0.1) is 6.92 Å². The van der Waals surface area contributed by atoms with Gasteiger partial charge in [0.25, 0.3) is 0 Å². The molecule has 2 aromatic rings. The van der Waals surface area contributed by atoms with E-state index in [-0.39, 0.29) is 0 Å². The van der Waals surface area contributed by atoms with Crippen LogP contribution < -0.4 is 10.6 Å². The van der Waals surface area contributed by atoms with Crippen molar-refractivity contribution < 1.29 is 4.42 Å². The average molecular weight is 246 g/mol. The van der Waals surface area contributed by atoms with Gasteiger partial charge in [-0.15, -0.1) is 5.10 Å². The predicted octanol–water partition coefficient (Wildman–Crippen LogP) is 2.10. The second-order valence-corrected chi connectivity index (χ2v) is 4.12. The topological polar surface area (TPSA) is 63.0 Å². The van der Waals surface area contributed by atoms with Crippen molar-refractivity contribution in [3.8, 4) is 0 Å². The van der Waals surface area contributed by atoms with Crippen molar-refractivity contribution in [1.82, 2.24) is 15.5 Å². The molecule has 96 valence electrons. The minimum absolute atomic E-state index is 0.462. The van der Waals surface area contributed by atoms with Gasteiger partial charge in [-0.05, 0) is 19.0 Å². The molecule has 18 heavy (non-hydrogen) atoms. The van der Waals surface area contributed by atoms with Crippen molar-refractivity contribution in [1.29, 1.82) is 0 Å². The van der Waals surface area contributed by atoms with Crippen LogP contribution in [0.5, 0.6) is 0 Å². The molecule has 5 nitrogen and oxygen atoms in total. The Morgan fingerprint density at radius 2 is 2.11 bits per heavy atom. The van der Waals surface area contributed by atoms with Gasteiger partial charge in [-0.1, -0.05) is 41.9 Å². The summed E-state index contributed by atoms with van der Waals surface area (Å²) in [4.78, 5) is 0. The molecule has 1 aromatic carbocycles. The summed E-state index contributed by atoms with van der Waals surface area (Å²) >= 11 is 0. The number of nitrogens with zero attached hydrogens (tertiary/aromatic N) is 2. The van der Waals surface area contributed by atoms with E-state index < -0.39 is 0 Å². The van der Waals surface area contributed by atoms with E-state index in [1.807, 2.05) is 13.0 Å². The number of nitrogens with one attached hydrogen (secondary N) is 2. The summed E-state index contributed by atoms with van der Waals surface area (Å²) in [5.41, 5.74) is 2.44. The Balaban J connectivity index is 1.88. The van der Waals surface area contributed by atoms with Crippen LogP contribution in [0.15, 0.2) is 28.7 Å². The van der Waals surface area contributed by atoms with Crippen molar-refractivity contribution in [2.45, 2.75) is 26.9 Å². The summed E-state index contributed by atoms with van der Waals surface area (Å²) in [7, 11) is 0. The SMILES string of the molecule is CCNCc1nnc(NCc2cccc(C)c2)o1. The van der Waals surface area contributed by atoms with Crippen LogP contribution in [0.3, 0.4) is 0 Å². The minimum Gasteiger partial charge on any atom is -0.407 e. The second kappa shape index (κ2) is 6.16. The smallest absolute Gasteiger partial charge is 0.315 e. The number of anilines is 1. The molecule has 2 N–H and O–H groups in total. The highest BCUT2D eigenvalue weighted by atomic mass is 16.4. The Kier molecular flexibility index (Phi) is 4.30. The van der Waals surface area contributed by atoms with Gasteiger partial charge >= 0.3 is 6.01 Å². The summed E-state index contributed by atoms with van der Waals surface area (Å²) < 4.78 is 5.44.